The maximum Gasteiger partial charge on any atom is 0.309 e. The molecule has 2 aliphatic carbocycles. The van der Waals surface area contributed by atoms with Gasteiger partial charge in [0.2, 0.25) is 0 Å². The van der Waals surface area contributed by atoms with Crippen LogP contribution in [0.3, 0.4) is 0 Å². The Balaban J connectivity index is 1.79. The highest BCUT2D eigenvalue weighted by Gasteiger charge is 2.51. The van der Waals surface area contributed by atoms with E-state index < -0.39 is 0 Å². The van der Waals surface area contributed by atoms with Crippen molar-refractivity contribution in [1.82, 2.24) is 0 Å². The standard InChI is InChI=1S/C12H20O2/c1-11(2,3)14-10(13)9-7-12(8-9)5-4-6-12/h9H,4-8H2,1-3H3. The number of rotatable bonds is 1. The quantitative estimate of drug-likeness (QED) is 0.603. The van der Waals surface area contributed by atoms with Gasteiger partial charge in [0.25, 0.3) is 0 Å². The molecule has 80 valence electrons. The van der Waals surface area contributed by atoms with Gasteiger partial charge in [0.1, 0.15) is 5.60 Å². The molecule has 0 bridgehead atoms. The summed E-state index contributed by atoms with van der Waals surface area (Å²) in [5, 5.41) is 0. The van der Waals surface area contributed by atoms with Crippen LogP contribution in [-0.4, -0.2) is 11.6 Å². The van der Waals surface area contributed by atoms with Crippen LogP contribution in [0, 0.1) is 11.3 Å². The Morgan fingerprint density at radius 3 is 2.21 bits per heavy atom. The minimum absolute atomic E-state index is 0.0232. The summed E-state index contributed by atoms with van der Waals surface area (Å²) in [5.41, 5.74) is 0.251. The van der Waals surface area contributed by atoms with Crippen molar-refractivity contribution in [1.29, 1.82) is 0 Å². The van der Waals surface area contributed by atoms with E-state index in [2.05, 4.69) is 0 Å². The molecule has 0 amide bonds. The average Bonchev–Trinajstić information content (AvgIpc) is 1.74. The molecule has 2 heteroatoms. The highest BCUT2D eigenvalue weighted by atomic mass is 16.6. The SMILES string of the molecule is CC(C)(C)OC(=O)C1CC2(CCC2)C1. The first-order chi connectivity index (χ1) is 6.40. The second kappa shape index (κ2) is 2.98. The van der Waals surface area contributed by atoms with Crippen molar-refractivity contribution < 1.29 is 9.53 Å². The van der Waals surface area contributed by atoms with Gasteiger partial charge < -0.3 is 4.74 Å². The van der Waals surface area contributed by atoms with Gasteiger partial charge in [-0.05, 0) is 51.9 Å². The molecule has 0 aromatic rings. The van der Waals surface area contributed by atoms with Crippen molar-refractivity contribution in [3.63, 3.8) is 0 Å². The maximum atomic E-state index is 11.6. The third-order valence-electron chi connectivity index (χ3n) is 3.51. The van der Waals surface area contributed by atoms with Gasteiger partial charge in [-0.3, -0.25) is 4.79 Å². The van der Waals surface area contributed by atoms with Crippen molar-refractivity contribution in [3.8, 4) is 0 Å². The van der Waals surface area contributed by atoms with Gasteiger partial charge in [-0.25, -0.2) is 0 Å². The Labute approximate surface area is 86.0 Å². The third kappa shape index (κ3) is 1.79. The Kier molecular flexibility index (Phi) is 2.13. The summed E-state index contributed by atoms with van der Waals surface area (Å²) in [4.78, 5) is 11.6. The van der Waals surface area contributed by atoms with Crippen molar-refractivity contribution in [2.24, 2.45) is 11.3 Å². The Hall–Kier alpha value is -0.530. The predicted octanol–water partition coefficient (Wildman–Crippen LogP) is 2.91. The molecule has 14 heavy (non-hydrogen) atoms. The first-order valence-corrected chi connectivity index (χ1v) is 5.63. The Bertz CT molecular complexity index is 238. The monoisotopic (exact) mass is 196 g/mol. The minimum Gasteiger partial charge on any atom is -0.460 e. The third-order valence-corrected chi connectivity index (χ3v) is 3.51. The van der Waals surface area contributed by atoms with Crippen LogP contribution in [0.5, 0.6) is 0 Å². The lowest BCUT2D eigenvalue weighted by Gasteiger charge is -2.53. The van der Waals surface area contributed by atoms with E-state index in [9.17, 15) is 4.79 Å². The van der Waals surface area contributed by atoms with Gasteiger partial charge in [-0.1, -0.05) is 6.42 Å². The molecule has 0 saturated heterocycles. The maximum absolute atomic E-state index is 11.6. The fourth-order valence-corrected chi connectivity index (χ4v) is 2.62. The van der Waals surface area contributed by atoms with Gasteiger partial charge in [-0.2, -0.15) is 0 Å². The largest absolute Gasteiger partial charge is 0.460 e. The van der Waals surface area contributed by atoms with E-state index in [1.54, 1.807) is 0 Å². The zero-order valence-electron chi connectivity index (χ0n) is 9.43. The molecule has 1 spiro atoms. The highest BCUT2D eigenvalue weighted by Crippen LogP contribution is 2.58. The van der Waals surface area contributed by atoms with Crippen LogP contribution in [0.15, 0.2) is 0 Å². The van der Waals surface area contributed by atoms with Crippen molar-refractivity contribution in [3.05, 3.63) is 0 Å². The molecule has 0 aromatic heterocycles. The topological polar surface area (TPSA) is 26.3 Å². The zero-order valence-corrected chi connectivity index (χ0v) is 9.43. The van der Waals surface area contributed by atoms with Crippen LogP contribution >= 0.6 is 0 Å². The van der Waals surface area contributed by atoms with Crippen LogP contribution in [0.4, 0.5) is 0 Å². The van der Waals surface area contributed by atoms with Gasteiger partial charge in [0, 0.05) is 0 Å². The van der Waals surface area contributed by atoms with Gasteiger partial charge in [0.05, 0.1) is 5.92 Å². The molecule has 0 atom stereocenters. The summed E-state index contributed by atoms with van der Waals surface area (Å²) in [6.45, 7) is 5.80. The number of carbonyl (C=O) groups is 1. The van der Waals surface area contributed by atoms with E-state index in [4.69, 9.17) is 4.74 Å². The molecular weight excluding hydrogens is 176 g/mol. The van der Waals surface area contributed by atoms with Gasteiger partial charge in [0.15, 0.2) is 0 Å². The smallest absolute Gasteiger partial charge is 0.309 e. The molecule has 2 nitrogen and oxygen atoms in total. The molecule has 2 aliphatic rings. The molecule has 2 saturated carbocycles. The second-order valence-corrected chi connectivity index (χ2v) is 5.99. The second-order valence-electron chi connectivity index (χ2n) is 5.99. The number of hydrogen-bond donors (Lipinski definition) is 0. The Morgan fingerprint density at radius 1 is 1.29 bits per heavy atom. The molecule has 0 heterocycles. The van der Waals surface area contributed by atoms with Gasteiger partial charge >= 0.3 is 5.97 Å². The summed E-state index contributed by atoms with van der Waals surface area (Å²) in [6.07, 6.45) is 6.21. The predicted molar refractivity (Wildman–Crippen MR) is 54.9 cm³/mol. The number of carbonyl (C=O) groups excluding carboxylic acids is 1. The fraction of sp³-hybridized carbons (Fsp3) is 0.917. The van der Waals surface area contributed by atoms with E-state index >= 15 is 0 Å². The van der Waals surface area contributed by atoms with E-state index in [1.807, 2.05) is 20.8 Å². The highest BCUT2D eigenvalue weighted by molar-refractivity contribution is 5.74. The van der Waals surface area contributed by atoms with Crippen LogP contribution in [0.2, 0.25) is 0 Å². The molecule has 2 rings (SSSR count). The molecule has 0 radical (unpaired) electrons. The van der Waals surface area contributed by atoms with E-state index in [0.29, 0.717) is 5.41 Å². The molecule has 0 aromatic carbocycles. The molecular formula is C12H20O2. The summed E-state index contributed by atoms with van der Waals surface area (Å²) < 4.78 is 5.36. The normalized spacial score (nSPS) is 25.4. The van der Waals surface area contributed by atoms with E-state index in [-0.39, 0.29) is 17.5 Å². The van der Waals surface area contributed by atoms with E-state index in [0.717, 1.165) is 12.8 Å². The van der Waals surface area contributed by atoms with Gasteiger partial charge in [-0.15, -0.1) is 0 Å². The molecule has 0 N–H and O–H groups in total. The van der Waals surface area contributed by atoms with E-state index in [1.165, 1.54) is 19.3 Å². The first-order valence-electron chi connectivity index (χ1n) is 5.63. The molecule has 0 aliphatic heterocycles. The van der Waals surface area contributed by atoms with Crippen molar-refractivity contribution in [2.75, 3.05) is 0 Å². The summed E-state index contributed by atoms with van der Waals surface area (Å²) in [7, 11) is 0. The Morgan fingerprint density at radius 2 is 1.86 bits per heavy atom. The first kappa shape index (κ1) is 10.0. The van der Waals surface area contributed by atoms with Crippen LogP contribution in [-0.2, 0) is 9.53 Å². The zero-order chi connectivity index (χ0) is 10.4. The summed E-state index contributed by atoms with van der Waals surface area (Å²) in [5.74, 6) is 0.226. The lowest BCUT2D eigenvalue weighted by Crippen LogP contribution is -2.47. The van der Waals surface area contributed by atoms with Crippen molar-refractivity contribution in [2.45, 2.75) is 58.5 Å². The number of hydrogen-bond acceptors (Lipinski definition) is 2. The van der Waals surface area contributed by atoms with Crippen LogP contribution < -0.4 is 0 Å². The summed E-state index contributed by atoms with van der Waals surface area (Å²) in [6, 6.07) is 0. The summed E-state index contributed by atoms with van der Waals surface area (Å²) >= 11 is 0. The minimum atomic E-state index is -0.320. The number of esters is 1. The average molecular weight is 196 g/mol. The van der Waals surface area contributed by atoms with Crippen LogP contribution in [0.1, 0.15) is 52.9 Å². The van der Waals surface area contributed by atoms with Crippen molar-refractivity contribution >= 4 is 5.97 Å². The molecule has 2 fully saturated rings. The van der Waals surface area contributed by atoms with Crippen LogP contribution in [0.25, 0.3) is 0 Å². The fourth-order valence-electron chi connectivity index (χ4n) is 2.62. The number of ether oxygens (including phenoxy) is 1. The lowest BCUT2D eigenvalue weighted by atomic mass is 9.52. The molecule has 0 unspecified atom stereocenters. The lowest BCUT2D eigenvalue weighted by molar-refractivity contribution is -0.172.